The van der Waals surface area contributed by atoms with E-state index in [1.807, 2.05) is 0 Å². The topological polar surface area (TPSA) is 48.9 Å². The number of hydrogen-bond donors (Lipinski definition) is 2. The van der Waals surface area contributed by atoms with Gasteiger partial charge < -0.3 is 20.3 Å². The van der Waals surface area contributed by atoms with Gasteiger partial charge in [-0.05, 0) is 51.3 Å². The third-order valence-electron chi connectivity index (χ3n) is 5.39. The molecule has 5 heteroatoms. The Morgan fingerprint density at radius 3 is 2.56 bits per heavy atom. The molecule has 1 aromatic rings. The maximum absolute atomic E-state index is 5.18. The van der Waals surface area contributed by atoms with Crippen molar-refractivity contribution < 1.29 is 4.74 Å². The second kappa shape index (κ2) is 12.0. The number of rotatable bonds is 9. The van der Waals surface area contributed by atoms with Crippen molar-refractivity contribution in [2.75, 3.05) is 53.0 Å². The Kier molecular flexibility index (Phi) is 9.64. The number of aryl methyl sites for hydroxylation is 1. The van der Waals surface area contributed by atoms with Gasteiger partial charge in [0.15, 0.2) is 5.96 Å². The molecule has 2 rings (SSSR count). The molecule has 0 aliphatic carbocycles. The van der Waals surface area contributed by atoms with Crippen LogP contribution in [0.25, 0.3) is 0 Å². The molecule has 1 aliphatic rings. The number of piperidine rings is 1. The molecule has 0 spiro atoms. The van der Waals surface area contributed by atoms with E-state index in [0.29, 0.717) is 5.92 Å². The van der Waals surface area contributed by atoms with Crippen LogP contribution in [0.1, 0.15) is 43.7 Å². The summed E-state index contributed by atoms with van der Waals surface area (Å²) in [5, 5.41) is 6.95. The van der Waals surface area contributed by atoms with Gasteiger partial charge in [0.05, 0.1) is 6.61 Å². The maximum atomic E-state index is 5.18. The van der Waals surface area contributed by atoms with Gasteiger partial charge in [-0.25, -0.2) is 0 Å². The summed E-state index contributed by atoms with van der Waals surface area (Å²) in [6.07, 6.45) is 2.49. The maximum Gasteiger partial charge on any atom is 0.191 e. The summed E-state index contributed by atoms with van der Waals surface area (Å²) < 4.78 is 5.18. The van der Waals surface area contributed by atoms with Gasteiger partial charge in [-0.3, -0.25) is 4.99 Å². The lowest BCUT2D eigenvalue weighted by molar-refractivity contribution is 0.121. The van der Waals surface area contributed by atoms with Gasteiger partial charge in [0.1, 0.15) is 0 Å². The molecule has 0 radical (unpaired) electrons. The lowest BCUT2D eigenvalue weighted by Gasteiger charge is -2.32. The molecule has 1 aromatic carbocycles. The zero-order valence-electron chi connectivity index (χ0n) is 17.6. The second-order valence-corrected chi connectivity index (χ2v) is 7.69. The van der Waals surface area contributed by atoms with Crippen LogP contribution in [0.5, 0.6) is 0 Å². The molecule has 0 amide bonds. The van der Waals surface area contributed by atoms with E-state index in [4.69, 9.17) is 9.73 Å². The van der Waals surface area contributed by atoms with Crippen molar-refractivity contribution in [3.05, 3.63) is 35.4 Å². The zero-order valence-corrected chi connectivity index (χ0v) is 17.6. The summed E-state index contributed by atoms with van der Waals surface area (Å²) in [6, 6.07) is 8.79. The number of hydrogen-bond acceptors (Lipinski definition) is 3. The van der Waals surface area contributed by atoms with E-state index >= 15 is 0 Å². The molecule has 152 valence electrons. The lowest BCUT2D eigenvalue weighted by atomic mass is 9.97. The van der Waals surface area contributed by atoms with Crippen molar-refractivity contribution >= 4 is 5.96 Å². The van der Waals surface area contributed by atoms with Gasteiger partial charge in [-0.2, -0.15) is 0 Å². The summed E-state index contributed by atoms with van der Waals surface area (Å²) in [6.45, 7) is 13.4. The molecule has 1 saturated heterocycles. The number of methoxy groups -OCH3 is 1. The van der Waals surface area contributed by atoms with Crippen LogP contribution in [0.2, 0.25) is 0 Å². The van der Waals surface area contributed by atoms with Gasteiger partial charge in [0, 0.05) is 39.2 Å². The second-order valence-electron chi connectivity index (χ2n) is 7.69. The number of nitrogens with zero attached hydrogens (tertiary/aromatic N) is 2. The molecule has 5 nitrogen and oxygen atoms in total. The molecule has 1 fully saturated rings. The SMILES string of the molecule is CCNC(=NCC(C)c1ccc(C)cc1)NCC1CCN(CCOC)CC1. The molecular weight excluding hydrogens is 336 g/mol. The van der Waals surface area contributed by atoms with E-state index < -0.39 is 0 Å². The first-order chi connectivity index (χ1) is 13.1. The largest absolute Gasteiger partial charge is 0.383 e. The van der Waals surface area contributed by atoms with Gasteiger partial charge in [0.2, 0.25) is 0 Å². The first-order valence-electron chi connectivity index (χ1n) is 10.4. The predicted molar refractivity (Wildman–Crippen MR) is 115 cm³/mol. The minimum absolute atomic E-state index is 0.421. The van der Waals surface area contributed by atoms with E-state index in [-0.39, 0.29) is 0 Å². The fourth-order valence-electron chi connectivity index (χ4n) is 3.45. The highest BCUT2D eigenvalue weighted by Crippen LogP contribution is 2.17. The monoisotopic (exact) mass is 374 g/mol. The summed E-state index contributed by atoms with van der Waals surface area (Å²) in [5.41, 5.74) is 2.65. The molecule has 1 heterocycles. The Morgan fingerprint density at radius 1 is 1.22 bits per heavy atom. The first kappa shape index (κ1) is 21.7. The third-order valence-corrected chi connectivity index (χ3v) is 5.39. The Morgan fingerprint density at radius 2 is 1.93 bits per heavy atom. The molecule has 1 atom stereocenters. The Hall–Kier alpha value is -1.59. The highest BCUT2D eigenvalue weighted by atomic mass is 16.5. The van der Waals surface area contributed by atoms with Crippen LogP contribution < -0.4 is 10.6 Å². The van der Waals surface area contributed by atoms with Crippen LogP contribution in [-0.4, -0.2) is 63.8 Å². The van der Waals surface area contributed by atoms with Crippen molar-refractivity contribution in [1.82, 2.24) is 15.5 Å². The molecular formula is C22H38N4O. The van der Waals surface area contributed by atoms with E-state index in [0.717, 1.165) is 44.7 Å². The minimum atomic E-state index is 0.421. The summed E-state index contributed by atoms with van der Waals surface area (Å²) in [7, 11) is 1.78. The fraction of sp³-hybridized carbons (Fsp3) is 0.682. The number of likely N-dealkylation sites (tertiary alicyclic amines) is 1. The van der Waals surface area contributed by atoms with E-state index in [9.17, 15) is 0 Å². The molecule has 27 heavy (non-hydrogen) atoms. The van der Waals surface area contributed by atoms with Crippen LogP contribution in [0.3, 0.4) is 0 Å². The van der Waals surface area contributed by atoms with Crippen molar-refractivity contribution in [3.8, 4) is 0 Å². The van der Waals surface area contributed by atoms with Gasteiger partial charge in [-0.1, -0.05) is 36.8 Å². The normalized spacial score (nSPS) is 17.7. The molecule has 0 bridgehead atoms. The number of nitrogens with one attached hydrogen (secondary N) is 2. The smallest absolute Gasteiger partial charge is 0.191 e. The number of guanidine groups is 1. The predicted octanol–water partition coefficient (Wildman–Crippen LogP) is 3.01. The highest BCUT2D eigenvalue weighted by Gasteiger charge is 2.19. The summed E-state index contributed by atoms with van der Waals surface area (Å²) >= 11 is 0. The Balaban J connectivity index is 1.77. The lowest BCUT2D eigenvalue weighted by Crippen LogP contribution is -2.43. The fourth-order valence-corrected chi connectivity index (χ4v) is 3.45. The molecule has 0 aromatic heterocycles. The molecule has 1 unspecified atom stereocenters. The average Bonchev–Trinajstić information content (AvgIpc) is 2.69. The van der Waals surface area contributed by atoms with Gasteiger partial charge in [0.25, 0.3) is 0 Å². The minimum Gasteiger partial charge on any atom is -0.383 e. The highest BCUT2D eigenvalue weighted by molar-refractivity contribution is 5.79. The van der Waals surface area contributed by atoms with Crippen molar-refractivity contribution in [2.45, 2.75) is 39.5 Å². The standard InChI is InChI=1S/C22H38N4O/c1-5-23-22(24-16-19(3)21-8-6-18(2)7-9-21)25-17-20-10-12-26(13-11-20)14-15-27-4/h6-9,19-20H,5,10-17H2,1-4H3,(H2,23,24,25). The van der Waals surface area contributed by atoms with Crippen LogP contribution in [-0.2, 0) is 4.74 Å². The third kappa shape index (κ3) is 7.89. The average molecular weight is 375 g/mol. The Bertz CT molecular complexity index is 550. The quantitative estimate of drug-likeness (QED) is 0.515. The van der Waals surface area contributed by atoms with E-state index in [1.54, 1.807) is 7.11 Å². The van der Waals surface area contributed by atoms with Crippen LogP contribution in [0.15, 0.2) is 29.3 Å². The number of ether oxygens (including phenoxy) is 1. The number of benzene rings is 1. The Labute approximate surface area is 165 Å². The van der Waals surface area contributed by atoms with Crippen molar-refractivity contribution in [1.29, 1.82) is 0 Å². The van der Waals surface area contributed by atoms with Crippen molar-refractivity contribution in [2.24, 2.45) is 10.9 Å². The first-order valence-corrected chi connectivity index (χ1v) is 10.4. The van der Waals surface area contributed by atoms with E-state index in [1.165, 1.54) is 37.1 Å². The molecule has 0 saturated carbocycles. The van der Waals surface area contributed by atoms with Gasteiger partial charge >= 0.3 is 0 Å². The van der Waals surface area contributed by atoms with E-state index in [2.05, 4.69) is 60.6 Å². The van der Waals surface area contributed by atoms with Crippen molar-refractivity contribution in [3.63, 3.8) is 0 Å². The van der Waals surface area contributed by atoms with Gasteiger partial charge in [-0.15, -0.1) is 0 Å². The van der Waals surface area contributed by atoms with Crippen LogP contribution in [0.4, 0.5) is 0 Å². The van der Waals surface area contributed by atoms with Crippen LogP contribution >= 0.6 is 0 Å². The summed E-state index contributed by atoms with van der Waals surface area (Å²) in [5.74, 6) is 2.09. The van der Waals surface area contributed by atoms with Crippen LogP contribution in [0, 0.1) is 12.8 Å². The summed E-state index contributed by atoms with van der Waals surface area (Å²) in [4.78, 5) is 7.32. The number of aliphatic imine (C=N–C) groups is 1. The molecule has 2 N–H and O–H groups in total. The molecule has 1 aliphatic heterocycles. The zero-order chi connectivity index (χ0) is 19.5.